The monoisotopic (exact) mass is 178 g/mol. The van der Waals surface area contributed by atoms with Crippen molar-refractivity contribution in [1.29, 1.82) is 0 Å². The van der Waals surface area contributed by atoms with E-state index < -0.39 is 6.03 Å². The predicted molar refractivity (Wildman–Crippen MR) is 35.4 cm³/mol. The Labute approximate surface area is 56.5 Å². The van der Waals surface area contributed by atoms with Gasteiger partial charge in [-0.1, -0.05) is 6.08 Å². The Balaban J connectivity index is 3.46. The van der Waals surface area contributed by atoms with E-state index in [4.69, 9.17) is 5.73 Å². The third kappa shape index (κ3) is 2.63. The van der Waals surface area contributed by atoms with Gasteiger partial charge in [0.2, 0.25) is 0 Å². The van der Waals surface area contributed by atoms with Gasteiger partial charge in [0.05, 0.1) is 22.7 Å². The van der Waals surface area contributed by atoms with Crippen molar-refractivity contribution in [3.63, 3.8) is 0 Å². The molecule has 2 amide bonds. The summed E-state index contributed by atoms with van der Waals surface area (Å²) < 4.78 is 1.18. The molecule has 0 aliphatic rings. The van der Waals surface area contributed by atoms with Gasteiger partial charge in [-0.05, 0) is 0 Å². The van der Waals surface area contributed by atoms with Crippen LogP contribution < -0.4 is 5.73 Å². The number of nitrogens with two attached hydrogens (primary N) is 1. The lowest BCUT2D eigenvalue weighted by Crippen LogP contribution is -2.26. The SMILES string of the molecule is C=CCN(Br)C(N)=O. The Morgan fingerprint density at radius 2 is 2.50 bits per heavy atom. The molecule has 0 aliphatic heterocycles. The Morgan fingerprint density at radius 3 is 2.62 bits per heavy atom. The van der Waals surface area contributed by atoms with Crippen LogP contribution in [0.25, 0.3) is 0 Å². The number of hydrogen-bond donors (Lipinski definition) is 1. The number of nitrogens with zero attached hydrogens (tertiary/aromatic N) is 1. The number of amides is 2. The Morgan fingerprint density at radius 1 is 2.00 bits per heavy atom. The fraction of sp³-hybridized carbons (Fsp3) is 0.250. The fourth-order valence-corrected chi connectivity index (χ4v) is 0.408. The maximum atomic E-state index is 10.1. The quantitative estimate of drug-likeness (QED) is 0.496. The molecule has 4 heteroatoms. The molecule has 0 rings (SSSR count). The molecule has 2 N–H and O–H groups in total. The van der Waals surface area contributed by atoms with Gasteiger partial charge < -0.3 is 5.73 Å². The van der Waals surface area contributed by atoms with Gasteiger partial charge in [0.1, 0.15) is 0 Å². The molecule has 46 valence electrons. The van der Waals surface area contributed by atoms with Gasteiger partial charge in [0.15, 0.2) is 0 Å². The van der Waals surface area contributed by atoms with Gasteiger partial charge in [-0.25, -0.2) is 4.79 Å². The number of primary amides is 1. The van der Waals surface area contributed by atoms with Crippen molar-refractivity contribution in [2.45, 2.75) is 0 Å². The molecular weight excluding hydrogens is 172 g/mol. The first kappa shape index (κ1) is 7.49. The lowest BCUT2D eigenvalue weighted by atomic mass is 10.6. The van der Waals surface area contributed by atoms with E-state index in [1.807, 2.05) is 0 Å². The molecule has 0 atom stereocenters. The fourth-order valence-electron chi connectivity index (χ4n) is 0.203. The highest BCUT2D eigenvalue weighted by Crippen LogP contribution is 1.94. The van der Waals surface area contributed by atoms with Crippen LogP contribution >= 0.6 is 16.1 Å². The summed E-state index contributed by atoms with van der Waals surface area (Å²) in [5, 5.41) is 0. The van der Waals surface area contributed by atoms with Crippen molar-refractivity contribution in [3.8, 4) is 0 Å². The molecule has 0 radical (unpaired) electrons. The van der Waals surface area contributed by atoms with Crippen molar-refractivity contribution < 1.29 is 4.79 Å². The molecule has 0 fully saturated rings. The molecule has 0 aromatic carbocycles. The zero-order valence-corrected chi connectivity index (χ0v) is 5.89. The van der Waals surface area contributed by atoms with Gasteiger partial charge in [-0.2, -0.15) is 0 Å². The third-order valence-electron chi connectivity index (χ3n) is 0.529. The lowest BCUT2D eigenvalue weighted by Gasteiger charge is -2.05. The van der Waals surface area contributed by atoms with Crippen LogP contribution in [0.4, 0.5) is 4.79 Å². The largest absolute Gasteiger partial charge is 0.351 e. The highest BCUT2D eigenvalue weighted by atomic mass is 79.9. The molecule has 0 saturated carbocycles. The highest BCUT2D eigenvalue weighted by molar-refractivity contribution is 9.07. The number of halogens is 1. The van der Waals surface area contributed by atoms with Crippen molar-refractivity contribution in [3.05, 3.63) is 12.7 Å². The average molecular weight is 179 g/mol. The Hall–Kier alpha value is -0.510. The van der Waals surface area contributed by atoms with Crippen LogP contribution in [-0.2, 0) is 0 Å². The molecule has 3 nitrogen and oxygen atoms in total. The summed E-state index contributed by atoms with van der Waals surface area (Å²) >= 11 is 2.89. The van der Waals surface area contributed by atoms with Crippen molar-refractivity contribution in [2.75, 3.05) is 6.54 Å². The lowest BCUT2D eigenvalue weighted by molar-refractivity contribution is 0.238. The number of carbonyl (C=O) groups is 1. The third-order valence-corrected chi connectivity index (χ3v) is 1.17. The van der Waals surface area contributed by atoms with E-state index in [0.29, 0.717) is 6.54 Å². The molecular formula is C4H7BrN2O. The van der Waals surface area contributed by atoms with E-state index in [1.165, 1.54) is 3.93 Å². The summed E-state index contributed by atoms with van der Waals surface area (Å²) in [5.74, 6) is 0. The Bertz CT molecular complexity index is 104. The van der Waals surface area contributed by atoms with Crippen LogP contribution in [-0.4, -0.2) is 16.5 Å². The molecule has 0 heterocycles. The maximum Gasteiger partial charge on any atom is 0.325 e. The van der Waals surface area contributed by atoms with Crippen molar-refractivity contribution in [1.82, 2.24) is 3.93 Å². The van der Waals surface area contributed by atoms with E-state index in [-0.39, 0.29) is 0 Å². The van der Waals surface area contributed by atoms with E-state index in [2.05, 4.69) is 22.7 Å². The summed E-state index contributed by atoms with van der Waals surface area (Å²) in [6.07, 6.45) is 1.57. The number of rotatable bonds is 2. The number of hydrogen-bond acceptors (Lipinski definition) is 1. The van der Waals surface area contributed by atoms with Crippen LogP contribution in [0.3, 0.4) is 0 Å². The van der Waals surface area contributed by atoms with E-state index in [1.54, 1.807) is 6.08 Å². The smallest absolute Gasteiger partial charge is 0.325 e. The Kier molecular flexibility index (Phi) is 3.26. The molecule has 0 spiro atoms. The van der Waals surface area contributed by atoms with E-state index in [0.717, 1.165) is 0 Å². The van der Waals surface area contributed by atoms with Crippen LogP contribution in [0.15, 0.2) is 12.7 Å². The first-order valence-corrected chi connectivity index (χ1v) is 2.73. The standard InChI is InChI=1S/C4H7BrN2O/c1-2-3-7(5)4(6)8/h2H,1,3H2,(H2,6,8). The van der Waals surface area contributed by atoms with E-state index in [9.17, 15) is 4.79 Å². The minimum absolute atomic E-state index is 0.426. The summed E-state index contributed by atoms with van der Waals surface area (Å²) in [5.41, 5.74) is 4.81. The topological polar surface area (TPSA) is 46.3 Å². The normalized spacial score (nSPS) is 8.12. The highest BCUT2D eigenvalue weighted by Gasteiger charge is 1.99. The zero-order chi connectivity index (χ0) is 6.57. The average Bonchev–Trinajstić information content (AvgIpc) is 1.67. The summed E-state index contributed by atoms with van der Waals surface area (Å²) in [6.45, 7) is 3.83. The maximum absolute atomic E-state index is 10.1. The zero-order valence-electron chi connectivity index (χ0n) is 4.30. The number of carbonyl (C=O) groups excluding carboxylic acids is 1. The molecule has 0 aliphatic carbocycles. The van der Waals surface area contributed by atoms with Gasteiger partial charge in [-0.3, -0.25) is 3.93 Å². The first-order chi connectivity index (χ1) is 3.68. The summed E-state index contributed by atoms with van der Waals surface area (Å²) in [6, 6.07) is -0.509. The second kappa shape index (κ2) is 3.49. The van der Waals surface area contributed by atoms with Crippen molar-refractivity contribution >= 4 is 22.2 Å². The predicted octanol–water partition coefficient (Wildman–Crippen LogP) is 0.863. The molecule has 0 unspecified atom stereocenters. The molecule has 8 heavy (non-hydrogen) atoms. The second-order valence-electron chi connectivity index (χ2n) is 1.17. The van der Waals surface area contributed by atoms with Crippen LogP contribution in [0.2, 0.25) is 0 Å². The van der Waals surface area contributed by atoms with Gasteiger partial charge in [0, 0.05) is 0 Å². The molecule has 0 aromatic rings. The van der Waals surface area contributed by atoms with Gasteiger partial charge in [-0.15, -0.1) is 6.58 Å². The first-order valence-electron chi connectivity index (χ1n) is 2.02. The van der Waals surface area contributed by atoms with Crippen LogP contribution in [0, 0.1) is 0 Å². The second-order valence-corrected chi connectivity index (χ2v) is 2.03. The summed E-state index contributed by atoms with van der Waals surface area (Å²) in [4.78, 5) is 10.1. The van der Waals surface area contributed by atoms with Gasteiger partial charge >= 0.3 is 6.03 Å². The molecule has 0 bridgehead atoms. The minimum Gasteiger partial charge on any atom is -0.351 e. The molecule has 0 aromatic heterocycles. The molecule has 0 saturated heterocycles. The van der Waals surface area contributed by atoms with E-state index >= 15 is 0 Å². The van der Waals surface area contributed by atoms with Gasteiger partial charge in [0.25, 0.3) is 0 Å². The summed E-state index contributed by atoms with van der Waals surface area (Å²) in [7, 11) is 0. The minimum atomic E-state index is -0.509. The van der Waals surface area contributed by atoms with Crippen LogP contribution in [0.5, 0.6) is 0 Å². The van der Waals surface area contributed by atoms with Crippen molar-refractivity contribution in [2.24, 2.45) is 5.73 Å². The number of urea groups is 1. The van der Waals surface area contributed by atoms with Crippen LogP contribution in [0.1, 0.15) is 0 Å².